The molecule has 0 spiro atoms. The molecular formula is C10H13N5O. The van der Waals surface area contributed by atoms with Gasteiger partial charge in [0, 0.05) is 12.1 Å². The smallest absolute Gasteiger partial charge is 0.133 e. The van der Waals surface area contributed by atoms with E-state index in [0.717, 1.165) is 11.5 Å². The molecule has 0 fully saturated rings. The molecule has 0 radical (unpaired) electrons. The number of nitrogens with two attached hydrogens (primary N) is 1. The zero-order chi connectivity index (χ0) is 11.5. The lowest BCUT2D eigenvalue weighted by Gasteiger charge is -2.04. The van der Waals surface area contributed by atoms with Crippen LogP contribution in [0.3, 0.4) is 0 Å². The van der Waals surface area contributed by atoms with E-state index in [-0.39, 0.29) is 0 Å². The van der Waals surface area contributed by atoms with Crippen molar-refractivity contribution in [2.24, 2.45) is 0 Å². The van der Waals surface area contributed by atoms with Gasteiger partial charge in [0.25, 0.3) is 0 Å². The summed E-state index contributed by atoms with van der Waals surface area (Å²) in [6, 6.07) is 3.55. The topological polar surface area (TPSA) is 89.9 Å². The number of aromatic nitrogens is 3. The predicted octanol–water partition coefficient (Wildman–Crippen LogP) is 1.28. The van der Waals surface area contributed by atoms with Crippen LogP contribution in [-0.2, 0) is 6.54 Å². The number of hydrogen-bond donors (Lipinski definition) is 2. The van der Waals surface area contributed by atoms with Crippen LogP contribution in [0.1, 0.15) is 17.3 Å². The van der Waals surface area contributed by atoms with Crippen LogP contribution < -0.4 is 11.1 Å². The minimum absolute atomic E-state index is 0.450. The molecule has 0 bridgehead atoms. The number of nitrogens with zero attached hydrogens (tertiary/aromatic N) is 3. The summed E-state index contributed by atoms with van der Waals surface area (Å²) in [5.74, 6) is 2.56. The van der Waals surface area contributed by atoms with Gasteiger partial charge in [-0.3, -0.25) is 0 Å². The van der Waals surface area contributed by atoms with E-state index in [1.807, 2.05) is 13.0 Å². The Hall–Kier alpha value is -2.11. The normalized spacial score (nSPS) is 10.4. The van der Waals surface area contributed by atoms with Crippen molar-refractivity contribution in [3.63, 3.8) is 0 Å². The molecule has 0 atom stereocenters. The van der Waals surface area contributed by atoms with E-state index < -0.39 is 0 Å². The average molecular weight is 219 g/mol. The summed E-state index contributed by atoms with van der Waals surface area (Å²) >= 11 is 0. The molecular weight excluding hydrogens is 206 g/mol. The largest absolute Gasteiger partial charge is 0.384 e. The van der Waals surface area contributed by atoms with Gasteiger partial charge in [0.05, 0.1) is 6.54 Å². The minimum Gasteiger partial charge on any atom is -0.384 e. The van der Waals surface area contributed by atoms with Gasteiger partial charge >= 0.3 is 0 Å². The lowest BCUT2D eigenvalue weighted by molar-refractivity contribution is 0.391. The fourth-order valence-electron chi connectivity index (χ4n) is 1.36. The van der Waals surface area contributed by atoms with Gasteiger partial charge in [-0.1, -0.05) is 5.16 Å². The summed E-state index contributed by atoms with van der Waals surface area (Å²) in [5.41, 5.74) is 6.43. The van der Waals surface area contributed by atoms with Gasteiger partial charge in [0.2, 0.25) is 0 Å². The maximum Gasteiger partial charge on any atom is 0.133 e. The summed E-state index contributed by atoms with van der Waals surface area (Å²) < 4.78 is 4.95. The fourth-order valence-corrected chi connectivity index (χ4v) is 1.36. The van der Waals surface area contributed by atoms with Crippen molar-refractivity contribution >= 4 is 11.6 Å². The molecule has 84 valence electrons. The highest BCUT2D eigenvalue weighted by molar-refractivity contribution is 5.44. The fraction of sp³-hybridized carbons (Fsp3) is 0.300. The van der Waals surface area contributed by atoms with Crippen molar-refractivity contribution in [2.45, 2.75) is 20.4 Å². The maximum atomic E-state index is 5.61. The first-order chi connectivity index (χ1) is 7.63. The van der Waals surface area contributed by atoms with Gasteiger partial charge < -0.3 is 15.6 Å². The Kier molecular flexibility index (Phi) is 2.72. The molecule has 0 unspecified atom stereocenters. The lowest BCUT2D eigenvalue weighted by atomic mass is 10.4. The Morgan fingerprint density at radius 1 is 1.31 bits per heavy atom. The Morgan fingerprint density at radius 2 is 2.12 bits per heavy atom. The van der Waals surface area contributed by atoms with Crippen molar-refractivity contribution in [1.82, 2.24) is 15.1 Å². The second kappa shape index (κ2) is 4.18. The van der Waals surface area contributed by atoms with Gasteiger partial charge in [0.1, 0.15) is 28.9 Å². The molecule has 16 heavy (non-hydrogen) atoms. The van der Waals surface area contributed by atoms with Gasteiger partial charge in [-0.25, -0.2) is 9.97 Å². The first-order valence-corrected chi connectivity index (χ1v) is 4.91. The molecule has 2 aromatic heterocycles. The highest BCUT2D eigenvalue weighted by Gasteiger charge is 2.02. The molecule has 2 heterocycles. The Morgan fingerprint density at radius 3 is 2.75 bits per heavy atom. The van der Waals surface area contributed by atoms with Crippen LogP contribution in [0.4, 0.5) is 11.6 Å². The van der Waals surface area contributed by atoms with Gasteiger partial charge in [-0.15, -0.1) is 0 Å². The van der Waals surface area contributed by atoms with Crippen LogP contribution >= 0.6 is 0 Å². The summed E-state index contributed by atoms with van der Waals surface area (Å²) in [6.07, 6.45) is 0. The average Bonchev–Trinajstić information content (AvgIpc) is 2.60. The van der Waals surface area contributed by atoms with Crippen molar-refractivity contribution in [3.05, 3.63) is 29.4 Å². The van der Waals surface area contributed by atoms with Crippen LogP contribution in [0.15, 0.2) is 16.7 Å². The zero-order valence-electron chi connectivity index (χ0n) is 9.19. The van der Waals surface area contributed by atoms with Crippen molar-refractivity contribution in [3.8, 4) is 0 Å². The standard InChI is InChI=1S/C10H13N5O/c1-6-3-8(15-16-6)5-12-10-4-9(11)13-7(2)14-10/h3-4H,5H2,1-2H3,(H3,11,12,13,14). The van der Waals surface area contributed by atoms with Crippen LogP contribution in [0.25, 0.3) is 0 Å². The van der Waals surface area contributed by atoms with E-state index in [9.17, 15) is 0 Å². The minimum atomic E-state index is 0.450. The summed E-state index contributed by atoms with van der Waals surface area (Å²) in [5, 5.41) is 6.97. The number of nitrogen functional groups attached to an aromatic ring is 1. The summed E-state index contributed by atoms with van der Waals surface area (Å²) in [6.45, 7) is 4.19. The third-order valence-corrected chi connectivity index (χ3v) is 1.99. The molecule has 0 saturated heterocycles. The molecule has 2 rings (SSSR count). The van der Waals surface area contributed by atoms with E-state index >= 15 is 0 Å². The van der Waals surface area contributed by atoms with E-state index in [0.29, 0.717) is 24.0 Å². The summed E-state index contributed by atoms with van der Waals surface area (Å²) in [7, 11) is 0. The van der Waals surface area contributed by atoms with Gasteiger partial charge in [-0.05, 0) is 13.8 Å². The lowest BCUT2D eigenvalue weighted by Crippen LogP contribution is -2.04. The molecule has 2 aromatic rings. The third-order valence-electron chi connectivity index (χ3n) is 1.99. The Labute approximate surface area is 92.9 Å². The highest BCUT2D eigenvalue weighted by Crippen LogP contribution is 2.09. The number of aryl methyl sites for hydroxylation is 2. The molecule has 0 saturated carbocycles. The highest BCUT2D eigenvalue weighted by atomic mass is 16.5. The maximum absolute atomic E-state index is 5.61. The second-order valence-corrected chi connectivity index (χ2v) is 3.51. The Balaban J connectivity index is 2.04. The molecule has 0 aliphatic carbocycles. The van der Waals surface area contributed by atoms with Crippen LogP contribution in [0, 0.1) is 13.8 Å². The predicted molar refractivity (Wildman–Crippen MR) is 59.7 cm³/mol. The molecule has 0 aliphatic rings. The molecule has 6 nitrogen and oxygen atoms in total. The number of hydrogen-bond acceptors (Lipinski definition) is 6. The molecule has 0 amide bonds. The summed E-state index contributed by atoms with van der Waals surface area (Å²) in [4.78, 5) is 8.18. The number of rotatable bonds is 3. The van der Waals surface area contributed by atoms with E-state index in [1.54, 1.807) is 13.0 Å². The Bertz CT molecular complexity index is 473. The molecule has 6 heteroatoms. The number of anilines is 2. The van der Waals surface area contributed by atoms with E-state index in [4.69, 9.17) is 10.3 Å². The zero-order valence-corrected chi connectivity index (χ0v) is 9.19. The first-order valence-electron chi connectivity index (χ1n) is 4.91. The quantitative estimate of drug-likeness (QED) is 0.808. The van der Waals surface area contributed by atoms with E-state index in [2.05, 4.69) is 20.4 Å². The molecule has 3 N–H and O–H groups in total. The van der Waals surface area contributed by atoms with Crippen LogP contribution in [-0.4, -0.2) is 15.1 Å². The van der Waals surface area contributed by atoms with Crippen molar-refractivity contribution in [1.29, 1.82) is 0 Å². The van der Waals surface area contributed by atoms with Crippen LogP contribution in [0.5, 0.6) is 0 Å². The second-order valence-electron chi connectivity index (χ2n) is 3.51. The van der Waals surface area contributed by atoms with Crippen molar-refractivity contribution < 1.29 is 4.52 Å². The van der Waals surface area contributed by atoms with E-state index in [1.165, 1.54) is 0 Å². The molecule has 0 aliphatic heterocycles. The SMILES string of the molecule is Cc1nc(N)cc(NCc2cc(C)on2)n1. The third kappa shape index (κ3) is 2.47. The number of nitrogens with one attached hydrogen (secondary N) is 1. The van der Waals surface area contributed by atoms with Crippen LogP contribution in [0.2, 0.25) is 0 Å². The first kappa shape index (κ1) is 10.4. The monoisotopic (exact) mass is 219 g/mol. The van der Waals surface area contributed by atoms with Gasteiger partial charge in [0.15, 0.2) is 0 Å². The molecule has 0 aromatic carbocycles. The van der Waals surface area contributed by atoms with Gasteiger partial charge in [-0.2, -0.15) is 0 Å². The van der Waals surface area contributed by atoms with Crippen molar-refractivity contribution in [2.75, 3.05) is 11.1 Å².